The third-order valence-corrected chi connectivity index (χ3v) is 2.60. The van der Waals surface area contributed by atoms with Crippen LogP contribution < -0.4 is 9.47 Å². The number of hydrogen-bond donors (Lipinski definition) is 1. The molecule has 0 spiro atoms. The average molecular weight is 244 g/mol. The lowest BCUT2D eigenvalue weighted by Crippen LogP contribution is -2.17. The van der Waals surface area contributed by atoms with Gasteiger partial charge in [0.25, 0.3) is 6.43 Å². The van der Waals surface area contributed by atoms with Crippen molar-refractivity contribution < 1.29 is 23.4 Å². The summed E-state index contributed by atoms with van der Waals surface area (Å²) in [6.07, 6.45) is -1.51. The molecule has 1 aliphatic rings. The molecule has 0 amide bonds. The maximum atomic E-state index is 12.7. The van der Waals surface area contributed by atoms with Crippen LogP contribution in [0.3, 0.4) is 0 Å². The normalized spacial score (nSPS) is 14.1. The Labute approximate surface area is 98.0 Å². The zero-order valence-electron chi connectivity index (χ0n) is 9.29. The second kappa shape index (κ2) is 5.31. The summed E-state index contributed by atoms with van der Waals surface area (Å²) >= 11 is 0. The van der Waals surface area contributed by atoms with Gasteiger partial charge in [0.05, 0.1) is 0 Å². The molecule has 5 heteroatoms. The van der Waals surface area contributed by atoms with Crippen LogP contribution in [-0.4, -0.2) is 24.9 Å². The van der Waals surface area contributed by atoms with Gasteiger partial charge in [0.1, 0.15) is 13.2 Å². The summed E-state index contributed by atoms with van der Waals surface area (Å²) < 4.78 is 36.1. The molecule has 0 aromatic heterocycles. The van der Waals surface area contributed by atoms with Crippen molar-refractivity contribution in [2.75, 3.05) is 19.8 Å². The van der Waals surface area contributed by atoms with Crippen molar-refractivity contribution in [1.29, 1.82) is 0 Å². The smallest absolute Gasteiger partial charge is 0.263 e. The van der Waals surface area contributed by atoms with Crippen molar-refractivity contribution in [2.24, 2.45) is 0 Å². The maximum Gasteiger partial charge on any atom is 0.263 e. The highest BCUT2D eigenvalue weighted by Gasteiger charge is 2.20. The van der Waals surface area contributed by atoms with Gasteiger partial charge < -0.3 is 14.6 Å². The van der Waals surface area contributed by atoms with E-state index < -0.39 is 6.43 Å². The van der Waals surface area contributed by atoms with Gasteiger partial charge >= 0.3 is 0 Å². The lowest BCUT2D eigenvalue weighted by atomic mass is 10.0. The molecule has 1 aromatic rings. The van der Waals surface area contributed by atoms with Gasteiger partial charge in [-0.15, -0.1) is 0 Å². The third kappa shape index (κ3) is 2.66. The molecule has 1 aliphatic heterocycles. The molecule has 1 heterocycles. The first kappa shape index (κ1) is 12.1. The van der Waals surface area contributed by atoms with Crippen LogP contribution in [-0.2, 0) is 6.42 Å². The standard InChI is InChI=1S/C12H14F2O3/c13-12(14)9-6-8(2-1-3-15)11-10(7-9)16-4-5-17-11/h6-7,12,15H,1-5H2. The molecule has 0 fully saturated rings. The molecular weight excluding hydrogens is 230 g/mol. The van der Waals surface area contributed by atoms with Gasteiger partial charge in [0.15, 0.2) is 11.5 Å². The number of ether oxygens (including phenoxy) is 2. The molecule has 0 radical (unpaired) electrons. The second-order valence-electron chi connectivity index (χ2n) is 3.83. The fourth-order valence-electron chi connectivity index (χ4n) is 1.83. The number of aryl methyl sites for hydroxylation is 1. The summed E-state index contributed by atoms with van der Waals surface area (Å²) in [5, 5.41) is 8.79. The first-order valence-corrected chi connectivity index (χ1v) is 5.54. The van der Waals surface area contributed by atoms with Gasteiger partial charge in [-0.2, -0.15) is 0 Å². The van der Waals surface area contributed by atoms with E-state index in [-0.39, 0.29) is 12.2 Å². The van der Waals surface area contributed by atoms with Crippen LogP contribution in [0.15, 0.2) is 12.1 Å². The molecule has 0 bridgehead atoms. The number of aliphatic hydroxyl groups is 1. The van der Waals surface area contributed by atoms with Gasteiger partial charge in [-0.25, -0.2) is 8.78 Å². The maximum absolute atomic E-state index is 12.7. The summed E-state index contributed by atoms with van der Waals surface area (Å²) in [5.74, 6) is 0.913. The molecule has 94 valence electrons. The van der Waals surface area contributed by atoms with Gasteiger partial charge in [-0.3, -0.25) is 0 Å². The van der Waals surface area contributed by atoms with Crippen LogP contribution >= 0.6 is 0 Å². The van der Waals surface area contributed by atoms with Crippen molar-refractivity contribution in [1.82, 2.24) is 0 Å². The minimum absolute atomic E-state index is 0.0224. The van der Waals surface area contributed by atoms with Gasteiger partial charge in [-0.1, -0.05) is 0 Å². The lowest BCUT2D eigenvalue weighted by Gasteiger charge is -2.22. The highest BCUT2D eigenvalue weighted by molar-refractivity contribution is 5.50. The van der Waals surface area contributed by atoms with E-state index in [0.717, 1.165) is 0 Å². The van der Waals surface area contributed by atoms with E-state index in [1.54, 1.807) is 0 Å². The number of alkyl halides is 2. The number of aliphatic hydroxyl groups excluding tert-OH is 1. The first-order chi connectivity index (χ1) is 8.22. The summed E-state index contributed by atoms with van der Waals surface area (Å²) in [7, 11) is 0. The molecule has 1 aromatic carbocycles. The SMILES string of the molecule is OCCCc1cc(C(F)F)cc2c1OCCO2. The Balaban J connectivity index is 2.35. The van der Waals surface area contributed by atoms with E-state index >= 15 is 0 Å². The van der Waals surface area contributed by atoms with Crippen LogP contribution in [0, 0.1) is 0 Å². The highest BCUT2D eigenvalue weighted by atomic mass is 19.3. The fraction of sp³-hybridized carbons (Fsp3) is 0.500. The van der Waals surface area contributed by atoms with Crippen LogP contribution in [0.5, 0.6) is 11.5 Å². The molecule has 1 N–H and O–H groups in total. The molecule has 0 aliphatic carbocycles. The summed E-state index contributed by atoms with van der Waals surface area (Å²) in [6.45, 7) is 0.820. The predicted molar refractivity (Wildman–Crippen MR) is 57.8 cm³/mol. The Morgan fingerprint density at radius 2 is 2.00 bits per heavy atom. The monoisotopic (exact) mass is 244 g/mol. The zero-order valence-corrected chi connectivity index (χ0v) is 9.29. The second-order valence-corrected chi connectivity index (χ2v) is 3.83. The Morgan fingerprint density at radius 3 is 2.71 bits per heavy atom. The van der Waals surface area contributed by atoms with Crippen LogP contribution in [0.2, 0.25) is 0 Å². The van der Waals surface area contributed by atoms with Crippen molar-refractivity contribution >= 4 is 0 Å². The van der Waals surface area contributed by atoms with E-state index in [2.05, 4.69) is 0 Å². The van der Waals surface area contributed by atoms with E-state index in [1.807, 2.05) is 0 Å². The molecule has 0 saturated carbocycles. The van der Waals surface area contributed by atoms with E-state index in [9.17, 15) is 8.78 Å². The molecule has 0 unspecified atom stereocenters. The van der Waals surface area contributed by atoms with Crippen molar-refractivity contribution in [3.63, 3.8) is 0 Å². The summed E-state index contributed by atoms with van der Waals surface area (Å²) in [5.41, 5.74) is 0.605. The van der Waals surface area contributed by atoms with E-state index in [4.69, 9.17) is 14.6 Å². The Morgan fingerprint density at radius 1 is 1.24 bits per heavy atom. The predicted octanol–water partition coefficient (Wildman–Crippen LogP) is 2.32. The molecule has 0 saturated heterocycles. The molecule has 3 nitrogen and oxygen atoms in total. The van der Waals surface area contributed by atoms with Crippen LogP contribution in [0.1, 0.15) is 24.0 Å². The van der Waals surface area contributed by atoms with Gasteiger partial charge in [0, 0.05) is 12.2 Å². The average Bonchev–Trinajstić information content (AvgIpc) is 2.35. The van der Waals surface area contributed by atoms with Crippen molar-refractivity contribution in [3.8, 4) is 11.5 Å². The van der Waals surface area contributed by atoms with Crippen LogP contribution in [0.4, 0.5) is 8.78 Å². The Bertz CT molecular complexity index is 394. The van der Waals surface area contributed by atoms with Crippen molar-refractivity contribution in [3.05, 3.63) is 23.3 Å². The Hall–Kier alpha value is -1.36. The zero-order chi connectivity index (χ0) is 12.3. The minimum atomic E-state index is -2.53. The molecule has 0 atom stereocenters. The molecular formula is C12H14F2O3. The first-order valence-electron chi connectivity index (χ1n) is 5.54. The van der Waals surface area contributed by atoms with Crippen LogP contribution in [0.25, 0.3) is 0 Å². The number of halogens is 2. The van der Waals surface area contributed by atoms with Crippen molar-refractivity contribution in [2.45, 2.75) is 19.3 Å². The number of fused-ring (bicyclic) bond motifs is 1. The molecule has 17 heavy (non-hydrogen) atoms. The fourth-order valence-corrected chi connectivity index (χ4v) is 1.83. The van der Waals surface area contributed by atoms with Gasteiger partial charge in [0.2, 0.25) is 0 Å². The van der Waals surface area contributed by atoms with Gasteiger partial charge in [-0.05, 0) is 30.5 Å². The highest BCUT2D eigenvalue weighted by Crippen LogP contribution is 2.38. The topological polar surface area (TPSA) is 38.7 Å². The minimum Gasteiger partial charge on any atom is -0.486 e. The number of benzene rings is 1. The van der Waals surface area contributed by atoms with E-state index in [0.29, 0.717) is 43.1 Å². The summed E-state index contributed by atoms with van der Waals surface area (Å²) in [4.78, 5) is 0. The molecule has 2 rings (SSSR count). The largest absolute Gasteiger partial charge is 0.486 e. The quantitative estimate of drug-likeness (QED) is 0.883. The Kier molecular flexibility index (Phi) is 3.78. The number of hydrogen-bond acceptors (Lipinski definition) is 3. The number of rotatable bonds is 4. The van der Waals surface area contributed by atoms with E-state index in [1.165, 1.54) is 12.1 Å². The third-order valence-electron chi connectivity index (χ3n) is 2.60. The lowest BCUT2D eigenvalue weighted by molar-refractivity contribution is 0.146. The summed E-state index contributed by atoms with van der Waals surface area (Å²) in [6, 6.07) is 2.75.